The predicted molar refractivity (Wildman–Crippen MR) is 76.1 cm³/mol. The average Bonchev–Trinajstić information content (AvgIpc) is 2.88. The summed E-state index contributed by atoms with van der Waals surface area (Å²) >= 11 is 0. The van der Waals surface area contributed by atoms with Crippen LogP contribution in [-0.4, -0.2) is 35.1 Å². The van der Waals surface area contributed by atoms with Crippen molar-refractivity contribution in [2.24, 2.45) is 5.92 Å². The van der Waals surface area contributed by atoms with E-state index >= 15 is 0 Å². The summed E-state index contributed by atoms with van der Waals surface area (Å²) in [5.74, 6) is -0.402. The highest BCUT2D eigenvalue weighted by atomic mass is 19.1. The van der Waals surface area contributed by atoms with Gasteiger partial charge in [0.25, 0.3) is 0 Å². The van der Waals surface area contributed by atoms with Crippen LogP contribution in [0.4, 0.5) is 4.39 Å². The number of likely N-dealkylation sites (tertiary alicyclic amines) is 1. The van der Waals surface area contributed by atoms with Crippen molar-refractivity contribution in [2.45, 2.75) is 38.6 Å². The first-order valence-electron chi connectivity index (χ1n) is 7.25. The quantitative estimate of drug-likeness (QED) is 0.870. The molecule has 4 heteroatoms. The first-order valence-corrected chi connectivity index (χ1v) is 7.25. The van der Waals surface area contributed by atoms with Crippen LogP contribution in [0, 0.1) is 11.7 Å². The first-order chi connectivity index (χ1) is 9.54. The van der Waals surface area contributed by atoms with Crippen molar-refractivity contribution in [3.8, 4) is 0 Å². The zero-order valence-corrected chi connectivity index (χ0v) is 11.9. The molecule has 1 aromatic carbocycles. The molecule has 0 saturated carbocycles. The van der Waals surface area contributed by atoms with Crippen LogP contribution in [0.1, 0.15) is 31.7 Å². The molecule has 1 saturated heterocycles. The summed E-state index contributed by atoms with van der Waals surface area (Å²) in [6.45, 7) is 4.20. The molecule has 0 bridgehead atoms. The summed E-state index contributed by atoms with van der Waals surface area (Å²) in [4.78, 5) is 13.0. The molecule has 2 rings (SSSR count). The second-order valence-corrected chi connectivity index (χ2v) is 5.76. The molecule has 1 heterocycles. The highest BCUT2D eigenvalue weighted by molar-refractivity contribution is 5.66. The molecule has 1 aromatic rings. The second-order valence-electron chi connectivity index (χ2n) is 5.76. The van der Waals surface area contributed by atoms with E-state index in [1.165, 1.54) is 12.1 Å². The van der Waals surface area contributed by atoms with Gasteiger partial charge in [0, 0.05) is 19.0 Å². The molecule has 0 aliphatic carbocycles. The SMILES string of the molecule is CC(Cc1ccc(F)cc1)N1CCC(CCC(=O)O)C1. The fraction of sp³-hybridized carbons (Fsp3) is 0.562. The highest BCUT2D eigenvalue weighted by Gasteiger charge is 2.26. The van der Waals surface area contributed by atoms with E-state index in [0.717, 1.165) is 37.9 Å². The number of carboxylic acid groups (broad SMARTS) is 1. The molecule has 0 amide bonds. The van der Waals surface area contributed by atoms with Gasteiger partial charge in [-0.3, -0.25) is 4.79 Å². The van der Waals surface area contributed by atoms with E-state index in [1.54, 1.807) is 0 Å². The zero-order chi connectivity index (χ0) is 14.5. The molecule has 1 aliphatic heterocycles. The van der Waals surface area contributed by atoms with Gasteiger partial charge in [-0.25, -0.2) is 4.39 Å². The normalized spacial score (nSPS) is 21.0. The van der Waals surface area contributed by atoms with Crippen molar-refractivity contribution in [3.05, 3.63) is 35.6 Å². The molecule has 1 aliphatic rings. The van der Waals surface area contributed by atoms with E-state index in [9.17, 15) is 9.18 Å². The van der Waals surface area contributed by atoms with Gasteiger partial charge in [0.05, 0.1) is 0 Å². The van der Waals surface area contributed by atoms with Crippen LogP contribution < -0.4 is 0 Å². The summed E-state index contributed by atoms with van der Waals surface area (Å²) in [5.41, 5.74) is 1.15. The van der Waals surface area contributed by atoms with Crippen molar-refractivity contribution in [2.75, 3.05) is 13.1 Å². The molecule has 2 unspecified atom stereocenters. The molecule has 0 radical (unpaired) electrons. The Morgan fingerprint density at radius 1 is 1.45 bits per heavy atom. The van der Waals surface area contributed by atoms with Gasteiger partial charge in [0.15, 0.2) is 0 Å². The number of carbonyl (C=O) groups is 1. The predicted octanol–water partition coefficient (Wildman–Crippen LogP) is 2.94. The maximum atomic E-state index is 12.9. The monoisotopic (exact) mass is 279 g/mol. The minimum absolute atomic E-state index is 0.198. The van der Waals surface area contributed by atoms with Gasteiger partial charge in [-0.15, -0.1) is 0 Å². The fourth-order valence-corrected chi connectivity index (χ4v) is 2.92. The number of aliphatic carboxylic acids is 1. The third kappa shape index (κ3) is 4.30. The summed E-state index contributed by atoms with van der Waals surface area (Å²) < 4.78 is 12.9. The molecule has 0 spiro atoms. The van der Waals surface area contributed by atoms with E-state index in [4.69, 9.17) is 5.11 Å². The Morgan fingerprint density at radius 2 is 2.15 bits per heavy atom. The van der Waals surface area contributed by atoms with Gasteiger partial charge >= 0.3 is 5.97 Å². The van der Waals surface area contributed by atoms with Crippen molar-refractivity contribution in [1.29, 1.82) is 0 Å². The topological polar surface area (TPSA) is 40.5 Å². The summed E-state index contributed by atoms with van der Waals surface area (Å²) in [6, 6.07) is 7.09. The van der Waals surface area contributed by atoms with Gasteiger partial charge in [0.2, 0.25) is 0 Å². The summed E-state index contributed by atoms with van der Waals surface area (Å²) in [5, 5.41) is 8.72. The number of hydrogen-bond acceptors (Lipinski definition) is 2. The van der Waals surface area contributed by atoms with Gasteiger partial charge in [-0.05, 0) is 56.3 Å². The molecule has 110 valence electrons. The molecule has 2 atom stereocenters. The Hall–Kier alpha value is -1.42. The molecular formula is C16H22FNO2. The van der Waals surface area contributed by atoms with Crippen LogP contribution >= 0.6 is 0 Å². The Kier molecular flexibility index (Phi) is 5.12. The maximum absolute atomic E-state index is 12.9. The second kappa shape index (κ2) is 6.84. The van der Waals surface area contributed by atoms with Gasteiger partial charge < -0.3 is 10.0 Å². The van der Waals surface area contributed by atoms with Crippen LogP contribution in [0.3, 0.4) is 0 Å². The molecular weight excluding hydrogens is 257 g/mol. The number of halogens is 1. The highest BCUT2D eigenvalue weighted by Crippen LogP contribution is 2.24. The lowest BCUT2D eigenvalue weighted by molar-refractivity contribution is -0.137. The lowest BCUT2D eigenvalue weighted by atomic mass is 10.0. The molecule has 1 N–H and O–H groups in total. The van der Waals surface area contributed by atoms with E-state index in [2.05, 4.69) is 11.8 Å². The van der Waals surface area contributed by atoms with E-state index in [0.29, 0.717) is 12.0 Å². The number of rotatable bonds is 6. The zero-order valence-electron chi connectivity index (χ0n) is 11.9. The molecule has 3 nitrogen and oxygen atoms in total. The Balaban J connectivity index is 1.80. The average molecular weight is 279 g/mol. The lowest BCUT2D eigenvalue weighted by Crippen LogP contribution is -2.32. The minimum Gasteiger partial charge on any atom is -0.481 e. The van der Waals surface area contributed by atoms with Crippen LogP contribution in [0.25, 0.3) is 0 Å². The largest absolute Gasteiger partial charge is 0.481 e. The number of carboxylic acids is 1. The van der Waals surface area contributed by atoms with Gasteiger partial charge in [0.1, 0.15) is 5.82 Å². The fourth-order valence-electron chi connectivity index (χ4n) is 2.92. The van der Waals surface area contributed by atoms with Gasteiger partial charge in [-0.2, -0.15) is 0 Å². The number of benzene rings is 1. The van der Waals surface area contributed by atoms with Crippen LogP contribution in [0.15, 0.2) is 24.3 Å². The molecule has 0 aromatic heterocycles. The lowest BCUT2D eigenvalue weighted by Gasteiger charge is -2.24. The standard InChI is InChI=1S/C16H22FNO2/c1-12(10-13-2-5-15(17)6-3-13)18-9-8-14(11-18)4-7-16(19)20/h2-3,5-6,12,14H,4,7-11H2,1H3,(H,19,20). The third-order valence-electron chi connectivity index (χ3n) is 4.15. The van der Waals surface area contributed by atoms with Crippen molar-refractivity contribution in [3.63, 3.8) is 0 Å². The summed E-state index contributed by atoms with van der Waals surface area (Å²) in [6.07, 6.45) is 3.03. The van der Waals surface area contributed by atoms with Crippen molar-refractivity contribution >= 4 is 5.97 Å². The van der Waals surface area contributed by atoms with Crippen LogP contribution in [0.2, 0.25) is 0 Å². The molecule has 1 fully saturated rings. The Bertz CT molecular complexity index is 446. The summed E-state index contributed by atoms with van der Waals surface area (Å²) in [7, 11) is 0. The van der Waals surface area contributed by atoms with Crippen molar-refractivity contribution < 1.29 is 14.3 Å². The molecule has 20 heavy (non-hydrogen) atoms. The third-order valence-corrected chi connectivity index (χ3v) is 4.15. The smallest absolute Gasteiger partial charge is 0.303 e. The number of nitrogens with zero attached hydrogens (tertiary/aromatic N) is 1. The van der Waals surface area contributed by atoms with Gasteiger partial charge in [-0.1, -0.05) is 12.1 Å². The van der Waals surface area contributed by atoms with Crippen LogP contribution in [-0.2, 0) is 11.2 Å². The number of hydrogen-bond donors (Lipinski definition) is 1. The Labute approximate surface area is 119 Å². The Morgan fingerprint density at radius 3 is 2.80 bits per heavy atom. The first kappa shape index (κ1) is 15.0. The maximum Gasteiger partial charge on any atom is 0.303 e. The minimum atomic E-state index is -0.706. The van der Waals surface area contributed by atoms with Crippen LogP contribution in [0.5, 0.6) is 0 Å². The van der Waals surface area contributed by atoms with Crippen molar-refractivity contribution in [1.82, 2.24) is 4.90 Å². The van der Waals surface area contributed by atoms with E-state index < -0.39 is 5.97 Å². The van der Waals surface area contributed by atoms with E-state index in [-0.39, 0.29) is 12.2 Å². The van der Waals surface area contributed by atoms with E-state index in [1.807, 2.05) is 12.1 Å².